The van der Waals surface area contributed by atoms with Crippen molar-refractivity contribution in [2.75, 3.05) is 25.4 Å². The van der Waals surface area contributed by atoms with Crippen LogP contribution >= 0.6 is 0 Å². The number of piperidine rings is 1. The summed E-state index contributed by atoms with van der Waals surface area (Å²) < 4.78 is 25.8. The van der Waals surface area contributed by atoms with E-state index in [1.807, 2.05) is 13.8 Å². The van der Waals surface area contributed by atoms with Crippen LogP contribution in [0.25, 0.3) is 0 Å². The third-order valence-corrected chi connectivity index (χ3v) is 6.49. The van der Waals surface area contributed by atoms with E-state index in [-0.39, 0.29) is 17.6 Å². The summed E-state index contributed by atoms with van der Waals surface area (Å²) in [6.07, 6.45) is 2.90. The molecule has 24 heavy (non-hydrogen) atoms. The molecule has 134 valence electrons. The van der Waals surface area contributed by atoms with E-state index in [1.54, 1.807) is 0 Å². The maximum Gasteiger partial charge on any atom is 0.224 e. The van der Waals surface area contributed by atoms with Gasteiger partial charge in [0.1, 0.15) is 0 Å². The van der Waals surface area contributed by atoms with E-state index in [0.29, 0.717) is 26.1 Å². The van der Waals surface area contributed by atoms with Crippen LogP contribution < -0.4 is 5.32 Å². The van der Waals surface area contributed by atoms with Crippen LogP contribution in [-0.4, -0.2) is 44.0 Å². The van der Waals surface area contributed by atoms with Crippen molar-refractivity contribution in [1.82, 2.24) is 9.62 Å². The van der Waals surface area contributed by atoms with Crippen molar-refractivity contribution in [2.45, 2.75) is 39.5 Å². The third kappa shape index (κ3) is 5.31. The maximum absolute atomic E-state index is 12.3. The van der Waals surface area contributed by atoms with Crippen molar-refractivity contribution in [2.24, 2.45) is 5.92 Å². The molecule has 2 rings (SSSR count). The quantitative estimate of drug-likeness (QED) is 0.817. The summed E-state index contributed by atoms with van der Waals surface area (Å²) >= 11 is 0. The second-order valence-electron chi connectivity index (χ2n) is 6.54. The van der Waals surface area contributed by atoms with E-state index in [4.69, 9.17) is 0 Å². The number of benzene rings is 1. The lowest BCUT2D eigenvalue weighted by atomic mass is 9.98. The monoisotopic (exact) mass is 352 g/mol. The van der Waals surface area contributed by atoms with Crippen LogP contribution in [0.3, 0.4) is 0 Å². The van der Waals surface area contributed by atoms with Crippen LogP contribution in [0.2, 0.25) is 0 Å². The van der Waals surface area contributed by atoms with Crippen molar-refractivity contribution >= 4 is 15.9 Å². The van der Waals surface area contributed by atoms with E-state index >= 15 is 0 Å². The first-order chi connectivity index (χ1) is 11.4. The molecule has 0 radical (unpaired) electrons. The molecular formula is C18H28N2O3S. The summed E-state index contributed by atoms with van der Waals surface area (Å²) in [5.74, 6) is -0.101. The molecule has 1 fully saturated rings. The fraction of sp³-hybridized carbons (Fsp3) is 0.611. The topological polar surface area (TPSA) is 66.5 Å². The number of sulfonamides is 1. The van der Waals surface area contributed by atoms with Gasteiger partial charge in [0.25, 0.3) is 0 Å². The molecule has 1 aliphatic rings. The molecule has 1 saturated heterocycles. The van der Waals surface area contributed by atoms with Gasteiger partial charge in [-0.3, -0.25) is 4.79 Å². The molecular weight excluding hydrogens is 324 g/mol. The molecule has 5 nitrogen and oxygen atoms in total. The Kier molecular flexibility index (Phi) is 6.80. The molecule has 1 aliphatic heterocycles. The molecule has 1 N–H and O–H groups in total. The van der Waals surface area contributed by atoms with Crippen molar-refractivity contribution in [1.29, 1.82) is 0 Å². The molecule has 1 aromatic carbocycles. The molecule has 0 bridgehead atoms. The summed E-state index contributed by atoms with van der Waals surface area (Å²) in [6, 6.07) is 8.27. The molecule has 1 aromatic rings. The molecule has 0 saturated carbocycles. The summed E-state index contributed by atoms with van der Waals surface area (Å²) in [6.45, 7) is 5.35. The highest BCUT2D eigenvalue weighted by Crippen LogP contribution is 2.20. The Labute approximate surface area is 145 Å². The van der Waals surface area contributed by atoms with Gasteiger partial charge in [-0.25, -0.2) is 12.7 Å². The highest BCUT2D eigenvalue weighted by Gasteiger charge is 2.31. The number of nitrogens with one attached hydrogen (secondary N) is 1. The predicted octanol–water partition coefficient (Wildman–Crippen LogP) is 2.11. The van der Waals surface area contributed by atoms with Gasteiger partial charge in [0.2, 0.25) is 15.9 Å². The number of rotatable bonds is 7. The lowest BCUT2D eigenvalue weighted by Gasteiger charge is -2.31. The average molecular weight is 353 g/mol. The first-order valence-electron chi connectivity index (χ1n) is 8.73. The van der Waals surface area contributed by atoms with E-state index < -0.39 is 10.0 Å². The molecule has 1 amide bonds. The Morgan fingerprint density at radius 2 is 2.00 bits per heavy atom. The van der Waals surface area contributed by atoms with Crippen molar-refractivity contribution < 1.29 is 13.2 Å². The van der Waals surface area contributed by atoms with Crippen LogP contribution in [0.4, 0.5) is 0 Å². The van der Waals surface area contributed by atoms with Crippen molar-refractivity contribution in [3.63, 3.8) is 0 Å². The summed E-state index contributed by atoms with van der Waals surface area (Å²) in [4.78, 5) is 12.3. The second-order valence-corrected chi connectivity index (χ2v) is 8.63. The first-order valence-corrected chi connectivity index (χ1v) is 10.3. The second kappa shape index (κ2) is 8.62. The van der Waals surface area contributed by atoms with E-state index in [0.717, 1.165) is 19.3 Å². The Morgan fingerprint density at radius 1 is 1.29 bits per heavy atom. The summed E-state index contributed by atoms with van der Waals surface area (Å²) in [7, 11) is -3.21. The van der Waals surface area contributed by atoms with Crippen molar-refractivity contribution in [3.8, 4) is 0 Å². The number of carbonyl (C=O) groups is 1. The van der Waals surface area contributed by atoms with Crippen LogP contribution in [-0.2, 0) is 21.2 Å². The van der Waals surface area contributed by atoms with Gasteiger partial charge in [0.05, 0.1) is 11.7 Å². The first kappa shape index (κ1) is 18.9. The van der Waals surface area contributed by atoms with Crippen LogP contribution in [0.1, 0.15) is 37.3 Å². The molecule has 6 heteroatoms. The van der Waals surface area contributed by atoms with Gasteiger partial charge in [-0.2, -0.15) is 0 Å². The summed E-state index contributed by atoms with van der Waals surface area (Å²) in [5, 5.41) is 2.96. The lowest BCUT2D eigenvalue weighted by molar-refractivity contribution is -0.126. The van der Waals surface area contributed by atoms with E-state index in [9.17, 15) is 13.2 Å². The highest BCUT2D eigenvalue weighted by molar-refractivity contribution is 7.89. The van der Waals surface area contributed by atoms with Gasteiger partial charge in [0.15, 0.2) is 0 Å². The van der Waals surface area contributed by atoms with E-state index in [1.165, 1.54) is 15.4 Å². The van der Waals surface area contributed by atoms with Gasteiger partial charge in [0, 0.05) is 19.6 Å². The van der Waals surface area contributed by atoms with Crippen LogP contribution in [0, 0.1) is 12.8 Å². The SMILES string of the molecule is CCCS(=O)(=O)N1CCCC(C(=O)NCCc2ccc(C)cc2)C1. The van der Waals surface area contributed by atoms with Gasteiger partial charge in [-0.1, -0.05) is 36.8 Å². The number of aryl methyl sites for hydroxylation is 1. The minimum absolute atomic E-state index is 0.0292. The van der Waals surface area contributed by atoms with Crippen LogP contribution in [0.15, 0.2) is 24.3 Å². The molecule has 1 atom stereocenters. The van der Waals surface area contributed by atoms with Gasteiger partial charge in [-0.05, 0) is 38.2 Å². The van der Waals surface area contributed by atoms with Gasteiger partial charge in [-0.15, -0.1) is 0 Å². The molecule has 0 spiro atoms. The fourth-order valence-corrected chi connectivity index (χ4v) is 4.61. The highest BCUT2D eigenvalue weighted by atomic mass is 32.2. The number of carbonyl (C=O) groups excluding carboxylic acids is 1. The fourth-order valence-electron chi connectivity index (χ4n) is 3.03. The number of hydrogen-bond acceptors (Lipinski definition) is 3. The standard InChI is InChI=1S/C18H28N2O3S/c1-3-13-24(22,23)20-12-4-5-17(14-20)18(21)19-11-10-16-8-6-15(2)7-9-16/h6-9,17H,3-5,10-14H2,1-2H3,(H,19,21). The van der Waals surface area contributed by atoms with Gasteiger partial charge >= 0.3 is 0 Å². The zero-order valence-electron chi connectivity index (χ0n) is 14.6. The summed E-state index contributed by atoms with van der Waals surface area (Å²) in [5.41, 5.74) is 2.41. The molecule has 1 heterocycles. The molecule has 1 unspecified atom stereocenters. The normalized spacial score (nSPS) is 19.2. The average Bonchev–Trinajstić information content (AvgIpc) is 2.56. The minimum Gasteiger partial charge on any atom is -0.355 e. The Hall–Kier alpha value is -1.40. The molecule has 0 aromatic heterocycles. The minimum atomic E-state index is -3.21. The largest absolute Gasteiger partial charge is 0.355 e. The molecule has 0 aliphatic carbocycles. The Bertz CT molecular complexity index is 641. The van der Waals surface area contributed by atoms with Gasteiger partial charge < -0.3 is 5.32 Å². The van der Waals surface area contributed by atoms with E-state index in [2.05, 4.69) is 29.6 Å². The number of hydrogen-bond donors (Lipinski definition) is 1. The zero-order valence-corrected chi connectivity index (χ0v) is 15.4. The Balaban J connectivity index is 1.82. The predicted molar refractivity (Wildman–Crippen MR) is 96.3 cm³/mol. The smallest absolute Gasteiger partial charge is 0.224 e. The van der Waals surface area contributed by atoms with Crippen molar-refractivity contribution in [3.05, 3.63) is 35.4 Å². The lowest BCUT2D eigenvalue weighted by Crippen LogP contribution is -2.46. The Morgan fingerprint density at radius 3 is 2.67 bits per heavy atom. The number of amides is 1. The zero-order chi connectivity index (χ0) is 17.6. The maximum atomic E-state index is 12.3. The van der Waals surface area contributed by atoms with Crippen LogP contribution in [0.5, 0.6) is 0 Å². The number of nitrogens with zero attached hydrogens (tertiary/aromatic N) is 1. The third-order valence-electron chi connectivity index (χ3n) is 4.44.